The standard InChI is InChI=1S/2C9H11.2C2H5.2ClH.H2Si.Zr/c2*1-2-5-9-7-3-6-8(9)4-1;2*1-2;;;;/h2*1-2,4,6,9H,3,5,7H2;2*1H2,2H3;2*1H;1H2;/q4*-1;;;;. The van der Waals surface area contributed by atoms with E-state index in [-0.39, 0.29) is 24.8 Å². The first-order valence-corrected chi connectivity index (χ1v) is 15.0. The van der Waals surface area contributed by atoms with Crippen LogP contribution in [0.1, 0.15) is 52.4 Å². The molecule has 2 fully saturated rings. The maximum absolute atomic E-state index is 3.25. The van der Waals surface area contributed by atoms with Gasteiger partial charge in [0.25, 0.3) is 0 Å². The predicted molar refractivity (Wildman–Crippen MR) is 123 cm³/mol. The number of halogens is 2. The van der Waals surface area contributed by atoms with Crippen LogP contribution >= 0.6 is 24.8 Å². The molecule has 2 atom stereocenters. The molecule has 0 N–H and O–H groups in total. The van der Waals surface area contributed by atoms with Crippen molar-refractivity contribution in [1.29, 1.82) is 0 Å². The van der Waals surface area contributed by atoms with Crippen molar-refractivity contribution < 1.29 is 23.3 Å². The Morgan fingerprint density at radius 1 is 0.808 bits per heavy atom. The monoisotopic (exact) mass is 488 g/mol. The molecule has 4 aliphatic rings. The Labute approximate surface area is 192 Å². The Morgan fingerprint density at radius 3 is 1.46 bits per heavy atom. The van der Waals surface area contributed by atoms with Crippen molar-refractivity contribution in [2.75, 3.05) is 0 Å². The number of rotatable bonds is 0. The normalized spacial score (nSPS) is 22.1. The van der Waals surface area contributed by atoms with Crippen LogP contribution in [-0.4, -0.2) is 6.88 Å². The van der Waals surface area contributed by atoms with Crippen LogP contribution in [0.15, 0.2) is 47.6 Å². The van der Waals surface area contributed by atoms with E-state index in [4.69, 9.17) is 0 Å². The second kappa shape index (κ2) is 21.7. The van der Waals surface area contributed by atoms with E-state index in [1.54, 1.807) is 48.3 Å². The van der Waals surface area contributed by atoms with E-state index >= 15 is 0 Å². The van der Waals surface area contributed by atoms with Crippen molar-refractivity contribution in [3.8, 4) is 0 Å². The second-order valence-corrected chi connectivity index (χ2v) is 5.62. The number of hydrogen-bond acceptors (Lipinski definition) is 0. The molecule has 150 valence electrons. The SMILES string of the molecule is C1=CCC2CC[CH-]C2=C1.C1=CCC2CC[CH-]C2=C1.Cl.Cl.[CH2-]C.[CH2-]C.[SiH2]=[Zr]. The zero-order chi connectivity index (χ0) is 18.2. The van der Waals surface area contributed by atoms with Crippen LogP contribution in [-0.2, 0) is 23.3 Å². The molecule has 2 saturated carbocycles. The Kier molecular flexibility index (Phi) is 25.9. The summed E-state index contributed by atoms with van der Waals surface area (Å²) in [6, 6.07) is 0. The van der Waals surface area contributed by atoms with Crippen LogP contribution in [0.3, 0.4) is 0 Å². The maximum atomic E-state index is 3.25. The predicted octanol–water partition coefficient (Wildman–Crippen LogP) is 6.58. The molecule has 4 heteroatoms. The first-order valence-electron chi connectivity index (χ1n) is 9.10. The van der Waals surface area contributed by atoms with Gasteiger partial charge in [-0.05, 0) is 24.7 Å². The molecule has 0 heterocycles. The Morgan fingerprint density at radius 2 is 1.15 bits per heavy atom. The fourth-order valence-corrected chi connectivity index (χ4v) is 3.33. The molecule has 0 aromatic heterocycles. The molecule has 4 rings (SSSR count). The third-order valence-corrected chi connectivity index (χ3v) is 4.42. The summed E-state index contributed by atoms with van der Waals surface area (Å²) in [5.74, 6) is 1.77. The molecule has 4 aliphatic carbocycles. The number of hydrogen-bond donors (Lipinski definition) is 0. The third-order valence-electron chi connectivity index (χ3n) is 4.42. The fraction of sp³-hybridized carbons (Fsp3) is 0.455. The van der Waals surface area contributed by atoms with E-state index < -0.39 is 0 Å². The number of fused-ring (bicyclic) bond motifs is 2. The summed E-state index contributed by atoms with van der Waals surface area (Å²) >= 11 is 1.58. The van der Waals surface area contributed by atoms with Gasteiger partial charge in [0, 0.05) is 0 Å². The Hall–Kier alpha value is 0.380. The van der Waals surface area contributed by atoms with Gasteiger partial charge < -0.3 is 13.8 Å². The Balaban J connectivity index is -0.000000299. The molecule has 0 bridgehead atoms. The van der Waals surface area contributed by atoms with E-state index in [0.717, 1.165) is 11.8 Å². The molecule has 0 radical (unpaired) electrons. The van der Waals surface area contributed by atoms with Crippen LogP contribution in [0.5, 0.6) is 0 Å². The minimum absolute atomic E-state index is 0. The summed E-state index contributed by atoms with van der Waals surface area (Å²) in [5.41, 5.74) is 3.16. The molecular formula is C22H36Cl2SiZr-4. The van der Waals surface area contributed by atoms with Gasteiger partial charge in [-0.1, -0.05) is 12.8 Å². The zero-order valence-electron chi connectivity index (χ0n) is 16.5. The van der Waals surface area contributed by atoms with Crippen molar-refractivity contribution in [2.45, 2.75) is 52.4 Å². The first kappa shape index (κ1) is 31.1. The van der Waals surface area contributed by atoms with Crippen molar-refractivity contribution in [3.05, 3.63) is 74.3 Å². The molecule has 0 amide bonds. The zero-order valence-corrected chi connectivity index (χ0v) is 22.0. The van der Waals surface area contributed by atoms with Gasteiger partial charge in [-0.2, -0.15) is 13.8 Å². The van der Waals surface area contributed by atoms with Crippen molar-refractivity contribution >= 4 is 31.7 Å². The van der Waals surface area contributed by atoms with Gasteiger partial charge in [0.1, 0.15) is 0 Å². The average molecular weight is 491 g/mol. The summed E-state index contributed by atoms with van der Waals surface area (Å²) in [4.78, 5) is 0. The van der Waals surface area contributed by atoms with Crippen molar-refractivity contribution in [1.82, 2.24) is 0 Å². The average Bonchev–Trinajstić information content (AvgIpc) is 3.36. The fourth-order valence-electron chi connectivity index (χ4n) is 3.33. The van der Waals surface area contributed by atoms with Gasteiger partial charge in [0.2, 0.25) is 0 Å². The molecular weight excluding hydrogens is 454 g/mol. The van der Waals surface area contributed by atoms with Gasteiger partial charge in [-0.3, -0.25) is 0 Å². The van der Waals surface area contributed by atoms with Crippen LogP contribution < -0.4 is 0 Å². The Bertz CT molecular complexity index is 401. The van der Waals surface area contributed by atoms with Crippen molar-refractivity contribution in [2.24, 2.45) is 11.8 Å². The molecule has 26 heavy (non-hydrogen) atoms. The molecule has 0 aliphatic heterocycles. The molecule has 2 unspecified atom stereocenters. The minimum atomic E-state index is 0. The molecule has 0 aromatic rings. The van der Waals surface area contributed by atoms with Gasteiger partial charge >= 0.3 is 30.2 Å². The van der Waals surface area contributed by atoms with Gasteiger partial charge in [0.15, 0.2) is 0 Å². The summed E-state index contributed by atoms with van der Waals surface area (Å²) in [6.45, 7) is 12.0. The van der Waals surface area contributed by atoms with E-state index in [2.05, 4.69) is 63.1 Å². The van der Waals surface area contributed by atoms with Crippen LogP contribution in [0, 0.1) is 38.5 Å². The molecule has 0 nitrogen and oxygen atoms in total. The van der Waals surface area contributed by atoms with Gasteiger partial charge in [-0.25, -0.2) is 36.1 Å². The third kappa shape index (κ3) is 11.3. The topological polar surface area (TPSA) is 0 Å². The number of allylic oxidation sites excluding steroid dienone is 8. The van der Waals surface area contributed by atoms with Crippen LogP contribution in [0.4, 0.5) is 0 Å². The quantitative estimate of drug-likeness (QED) is 0.266. The molecule has 0 saturated heterocycles. The van der Waals surface area contributed by atoms with Crippen LogP contribution in [0.2, 0.25) is 0 Å². The van der Waals surface area contributed by atoms with Crippen LogP contribution in [0.25, 0.3) is 0 Å². The summed E-state index contributed by atoms with van der Waals surface area (Å²) in [6.07, 6.45) is 26.1. The van der Waals surface area contributed by atoms with Crippen molar-refractivity contribution in [3.63, 3.8) is 0 Å². The second-order valence-electron chi connectivity index (χ2n) is 5.62. The summed E-state index contributed by atoms with van der Waals surface area (Å²) in [5, 5.41) is 0. The van der Waals surface area contributed by atoms with E-state index in [1.807, 2.05) is 6.88 Å². The van der Waals surface area contributed by atoms with E-state index in [0.29, 0.717) is 0 Å². The van der Waals surface area contributed by atoms with Gasteiger partial charge in [0.05, 0.1) is 0 Å². The summed E-state index contributed by atoms with van der Waals surface area (Å²) in [7, 11) is 0. The van der Waals surface area contributed by atoms with E-state index in [9.17, 15) is 0 Å². The summed E-state index contributed by atoms with van der Waals surface area (Å²) < 4.78 is 0. The first-order chi connectivity index (χ1) is 11.9. The van der Waals surface area contributed by atoms with E-state index in [1.165, 1.54) is 38.5 Å². The van der Waals surface area contributed by atoms with Gasteiger partial charge in [-0.15, -0.1) is 62.0 Å². The molecule has 0 aromatic carbocycles. The molecule has 0 spiro atoms.